The molecule has 0 fully saturated rings. The fourth-order valence-electron chi connectivity index (χ4n) is 1.95. The number of benzene rings is 1. The standard InChI is InChI=1S/C18H28FNO3S/c1-12-9-8-10-13(11-12)15(20-24(22)18(5,6)7)14(19)16(21)23-17(2,3)4/h8-11,14-15,20H,1-7H3. The number of esters is 1. The van der Waals surface area contributed by atoms with Crippen LogP contribution in [0.3, 0.4) is 0 Å². The van der Waals surface area contributed by atoms with E-state index in [-0.39, 0.29) is 0 Å². The summed E-state index contributed by atoms with van der Waals surface area (Å²) in [7, 11) is -1.53. The lowest BCUT2D eigenvalue weighted by Crippen LogP contribution is -2.43. The van der Waals surface area contributed by atoms with Crippen LogP contribution in [0.15, 0.2) is 24.3 Å². The number of rotatable bonds is 5. The molecule has 0 spiro atoms. The maximum Gasteiger partial charge on any atom is 0.343 e. The van der Waals surface area contributed by atoms with Gasteiger partial charge in [0, 0.05) is 0 Å². The van der Waals surface area contributed by atoms with E-state index >= 15 is 0 Å². The van der Waals surface area contributed by atoms with Crippen LogP contribution in [0.2, 0.25) is 0 Å². The lowest BCUT2D eigenvalue weighted by Gasteiger charge is -2.28. The SMILES string of the molecule is Cc1cccc(C(NS(=O)C(C)(C)C)C(F)C(=O)OC(C)(C)C)c1. The topological polar surface area (TPSA) is 55.4 Å². The van der Waals surface area contributed by atoms with Gasteiger partial charge in [0.1, 0.15) is 5.60 Å². The van der Waals surface area contributed by atoms with E-state index in [4.69, 9.17) is 4.74 Å². The number of carbonyl (C=O) groups is 1. The monoisotopic (exact) mass is 357 g/mol. The minimum Gasteiger partial charge on any atom is -0.458 e. The van der Waals surface area contributed by atoms with Gasteiger partial charge in [0.2, 0.25) is 6.17 Å². The Labute approximate surface area is 146 Å². The minimum atomic E-state index is -1.96. The molecule has 0 saturated heterocycles. The van der Waals surface area contributed by atoms with Crippen LogP contribution >= 0.6 is 0 Å². The van der Waals surface area contributed by atoms with Crippen LogP contribution in [0.25, 0.3) is 0 Å². The van der Waals surface area contributed by atoms with Gasteiger partial charge in [-0.25, -0.2) is 18.1 Å². The van der Waals surface area contributed by atoms with Crippen molar-refractivity contribution in [3.8, 4) is 0 Å². The first kappa shape index (κ1) is 20.8. The number of nitrogens with one attached hydrogen (secondary N) is 1. The number of hydrogen-bond donors (Lipinski definition) is 1. The van der Waals surface area contributed by atoms with Gasteiger partial charge in [-0.3, -0.25) is 0 Å². The summed E-state index contributed by atoms with van der Waals surface area (Å²) in [6, 6.07) is 6.10. The number of aryl methyl sites for hydroxylation is 1. The molecule has 0 aliphatic heterocycles. The number of halogens is 1. The molecule has 4 nitrogen and oxygen atoms in total. The Morgan fingerprint density at radius 2 is 1.79 bits per heavy atom. The second-order valence-electron chi connectivity index (χ2n) is 7.83. The van der Waals surface area contributed by atoms with E-state index in [1.54, 1.807) is 59.7 Å². The zero-order valence-electron chi connectivity index (χ0n) is 15.5. The van der Waals surface area contributed by atoms with E-state index in [2.05, 4.69) is 4.72 Å². The van der Waals surface area contributed by atoms with Crippen molar-refractivity contribution in [1.82, 2.24) is 4.72 Å². The fourth-order valence-corrected chi connectivity index (χ4v) is 2.79. The smallest absolute Gasteiger partial charge is 0.343 e. The Morgan fingerprint density at radius 1 is 1.21 bits per heavy atom. The Morgan fingerprint density at radius 3 is 2.25 bits per heavy atom. The van der Waals surface area contributed by atoms with Gasteiger partial charge in [0.05, 0.1) is 21.8 Å². The molecule has 0 bridgehead atoms. The van der Waals surface area contributed by atoms with Crippen LogP contribution in [0.5, 0.6) is 0 Å². The maximum atomic E-state index is 14.9. The van der Waals surface area contributed by atoms with Crippen molar-refractivity contribution in [2.24, 2.45) is 0 Å². The summed E-state index contributed by atoms with van der Waals surface area (Å²) >= 11 is 0. The van der Waals surface area contributed by atoms with Gasteiger partial charge < -0.3 is 4.74 Å². The predicted octanol–water partition coefficient (Wildman–Crippen LogP) is 3.77. The van der Waals surface area contributed by atoms with Crippen molar-refractivity contribution >= 4 is 17.0 Å². The Balaban J connectivity index is 3.13. The van der Waals surface area contributed by atoms with E-state index in [0.29, 0.717) is 5.56 Å². The van der Waals surface area contributed by atoms with E-state index in [1.807, 2.05) is 13.0 Å². The predicted molar refractivity (Wildman–Crippen MR) is 95.7 cm³/mol. The van der Waals surface area contributed by atoms with E-state index in [1.165, 1.54) is 0 Å². The highest BCUT2D eigenvalue weighted by molar-refractivity contribution is 7.84. The molecular formula is C18H28FNO3S. The van der Waals surface area contributed by atoms with Crippen LogP contribution < -0.4 is 4.72 Å². The first-order valence-corrected chi connectivity index (χ1v) is 9.08. The second kappa shape index (κ2) is 7.74. The second-order valence-corrected chi connectivity index (χ2v) is 9.82. The Kier molecular flexibility index (Phi) is 6.70. The molecule has 24 heavy (non-hydrogen) atoms. The molecular weight excluding hydrogens is 329 g/mol. The first-order valence-electron chi connectivity index (χ1n) is 7.93. The first-order chi connectivity index (χ1) is 10.8. The molecule has 0 aliphatic rings. The molecule has 1 aromatic carbocycles. The van der Waals surface area contributed by atoms with Gasteiger partial charge in [0.25, 0.3) is 0 Å². The molecule has 0 amide bonds. The Bertz CT molecular complexity index is 605. The third-order valence-corrected chi connectivity index (χ3v) is 4.70. The van der Waals surface area contributed by atoms with Crippen LogP contribution in [0, 0.1) is 6.92 Å². The summed E-state index contributed by atoms with van der Waals surface area (Å²) in [5.41, 5.74) is 0.699. The molecule has 3 unspecified atom stereocenters. The van der Waals surface area contributed by atoms with E-state index in [9.17, 15) is 13.4 Å². The molecule has 136 valence electrons. The zero-order valence-corrected chi connectivity index (χ0v) is 16.3. The Hall–Kier alpha value is -1.27. The van der Waals surface area contributed by atoms with Gasteiger partial charge in [-0.05, 0) is 54.0 Å². The summed E-state index contributed by atoms with van der Waals surface area (Å²) in [4.78, 5) is 12.2. The summed E-state index contributed by atoms with van der Waals surface area (Å²) in [6.07, 6.45) is -1.96. The number of carbonyl (C=O) groups excluding carboxylic acids is 1. The minimum absolute atomic E-state index is 0.561. The third-order valence-electron chi connectivity index (χ3n) is 3.12. The normalized spacial score (nSPS) is 16.3. The van der Waals surface area contributed by atoms with Crippen LogP contribution in [0.1, 0.15) is 58.7 Å². The quantitative estimate of drug-likeness (QED) is 0.816. The zero-order chi connectivity index (χ0) is 18.7. The highest BCUT2D eigenvalue weighted by atomic mass is 32.2. The number of ether oxygens (including phenoxy) is 1. The van der Waals surface area contributed by atoms with Gasteiger partial charge in [-0.15, -0.1) is 0 Å². The van der Waals surface area contributed by atoms with Gasteiger partial charge in [-0.1, -0.05) is 29.8 Å². The molecule has 1 N–H and O–H groups in total. The van der Waals surface area contributed by atoms with Crippen molar-refractivity contribution in [2.45, 2.75) is 71.0 Å². The van der Waals surface area contributed by atoms with Gasteiger partial charge >= 0.3 is 5.97 Å². The van der Waals surface area contributed by atoms with Crippen molar-refractivity contribution < 1.29 is 18.1 Å². The number of alkyl halides is 1. The van der Waals surface area contributed by atoms with E-state index in [0.717, 1.165) is 5.56 Å². The maximum absolute atomic E-state index is 14.9. The lowest BCUT2D eigenvalue weighted by molar-refractivity contribution is -0.162. The summed E-state index contributed by atoms with van der Waals surface area (Å²) in [6.45, 7) is 12.3. The summed E-state index contributed by atoms with van der Waals surface area (Å²) in [5, 5.41) is 0. The van der Waals surface area contributed by atoms with Crippen molar-refractivity contribution in [1.29, 1.82) is 0 Å². The molecule has 0 heterocycles. The molecule has 6 heteroatoms. The summed E-state index contributed by atoms with van der Waals surface area (Å²) < 4.78 is 34.6. The molecule has 0 radical (unpaired) electrons. The van der Waals surface area contributed by atoms with Gasteiger partial charge in [-0.2, -0.15) is 0 Å². The molecule has 0 saturated carbocycles. The average Bonchev–Trinajstić information content (AvgIpc) is 2.40. The highest BCUT2D eigenvalue weighted by Gasteiger charge is 2.36. The molecule has 1 aromatic rings. The lowest BCUT2D eigenvalue weighted by atomic mass is 10.0. The van der Waals surface area contributed by atoms with Crippen molar-refractivity contribution in [3.05, 3.63) is 35.4 Å². The largest absolute Gasteiger partial charge is 0.458 e. The molecule has 3 atom stereocenters. The van der Waals surface area contributed by atoms with Crippen LogP contribution in [-0.4, -0.2) is 26.7 Å². The van der Waals surface area contributed by atoms with Crippen LogP contribution in [-0.2, 0) is 20.5 Å². The van der Waals surface area contributed by atoms with E-state index < -0.39 is 39.5 Å². The van der Waals surface area contributed by atoms with Crippen LogP contribution in [0.4, 0.5) is 4.39 Å². The average molecular weight is 357 g/mol. The van der Waals surface area contributed by atoms with Crippen molar-refractivity contribution in [2.75, 3.05) is 0 Å². The van der Waals surface area contributed by atoms with Gasteiger partial charge in [0.15, 0.2) is 0 Å². The summed E-state index contributed by atoms with van der Waals surface area (Å²) in [5.74, 6) is -0.965. The molecule has 0 aliphatic carbocycles. The highest BCUT2D eigenvalue weighted by Crippen LogP contribution is 2.25. The number of hydrogen-bond acceptors (Lipinski definition) is 3. The third kappa shape index (κ3) is 6.32. The van der Waals surface area contributed by atoms with Crippen molar-refractivity contribution in [3.63, 3.8) is 0 Å². The fraction of sp³-hybridized carbons (Fsp3) is 0.611. The molecule has 1 rings (SSSR count). The molecule has 0 aromatic heterocycles.